The fourth-order valence-corrected chi connectivity index (χ4v) is 3.41. The monoisotopic (exact) mass is 384 g/mol. The summed E-state index contributed by atoms with van der Waals surface area (Å²) in [5.41, 5.74) is 0.139. The van der Waals surface area contributed by atoms with Gasteiger partial charge in [0.25, 0.3) is 0 Å². The largest absolute Gasteiger partial charge is 0.513 e. The summed E-state index contributed by atoms with van der Waals surface area (Å²) >= 11 is 1.49. The lowest BCUT2D eigenvalue weighted by atomic mass is 10.2. The van der Waals surface area contributed by atoms with Crippen LogP contribution in [0, 0.1) is 0 Å². The minimum Gasteiger partial charge on any atom is -0.459 e. The van der Waals surface area contributed by atoms with Crippen LogP contribution in [0.15, 0.2) is 59.4 Å². The summed E-state index contributed by atoms with van der Waals surface area (Å²) in [6, 6.07) is 12.2. The standard InChI is InChI=1S/C20H16O6S/c1-12(2)19(22)24-9-10-25-20(23)26-13-7-8-17-15(11-13)18(21)14-5-3-4-6-16(14)27-17/h3-8,11H,1,9-10H2,2H3. The lowest BCUT2D eigenvalue weighted by Gasteiger charge is -2.08. The van der Waals surface area contributed by atoms with Crippen molar-refractivity contribution in [1.82, 2.24) is 0 Å². The zero-order valence-electron chi connectivity index (χ0n) is 14.5. The predicted molar refractivity (Wildman–Crippen MR) is 103 cm³/mol. The van der Waals surface area contributed by atoms with Gasteiger partial charge in [-0.25, -0.2) is 9.59 Å². The van der Waals surface area contributed by atoms with Gasteiger partial charge in [0.05, 0.1) is 0 Å². The first-order chi connectivity index (χ1) is 13.0. The Morgan fingerprint density at radius 3 is 2.48 bits per heavy atom. The van der Waals surface area contributed by atoms with Gasteiger partial charge in [0.2, 0.25) is 0 Å². The Morgan fingerprint density at radius 2 is 1.70 bits per heavy atom. The van der Waals surface area contributed by atoms with Crippen molar-refractivity contribution >= 4 is 43.6 Å². The molecule has 0 fully saturated rings. The summed E-state index contributed by atoms with van der Waals surface area (Å²) in [7, 11) is 0. The smallest absolute Gasteiger partial charge is 0.459 e. The number of rotatable bonds is 5. The molecule has 3 aromatic rings. The van der Waals surface area contributed by atoms with Crippen molar-refractivity contribution in [2.75, 3.05) is 13.2 Å². The van der Waals surface area contributed by atoms with Crippen LogP contribution in [-0.4, -0.2) is 25.3 Å². The molecule has 7 heteroatoms. The van der Waals surface area contributed by atoms with E-state index < -0.39 is 12.1 Å². The third-order valence-corrected chi connectivity index (χ3v) is 4.79. The molecular formula is C20H16O6S. The maximum atomic E-state index is 12.6. The molecule has 27 heavy (non-hydrogen) atoms. The van der Waals surface area contributed by atoms with Crippen LogP contribution in [0.1, 0.15) is 6.92 Å². The second-order valence-electron chi connectivity index (χ2n) is 5.70. The number of fused-ring (bicyclic) bond motifs is 2. The molecule has 1 aromatic heterocycles. The highest BCUT2D eigenvalue weighted by molar-refractivity contribution is 7.24. The normalized spacial score (nSPS) is 10.6. The van der Waals surface area contributed by atoms with E-state index in [2.05, 4.69) is 6.58 Å². The molecule has 0 radical (unpaired) electrons. The van der Waals surface area contributed by atoms with Crippen LogP contribution in [0.4, 0.5) is 4.79 Å². The summed E-state index contributed by atoms with van der Waals surface area (Å²) in [6.45, 7) is 4.72. The summed E-state index contributed by atoms with van der Waals surface area (Å²) in [4.78, 5) is 35.6. The van der Waals surface area contributed by atoms with Crippen LogP contribution in [-0.2, 0) is 14.3 Å². The van der Waals surface area contributed by atoms with Crippen LogP contribution in [0.3, 0.4) is 0 Å². The fraction of sp³-hybridized carbons (Fsp3) is 0.150. The average Bonchev–Trinajstić information content (AvgIpc) is 2.65. The maximum Gasteiger partial charge on any atom is 0.513 e. The lowest BCUT2D eigenvalue weighted by Crippen LogP contribution is -2.16. The van der Waals surface area contributed by atoms with E-state index in [0.717, 1.165) is 9.40 Å². The summed E-state index contributed by atoms with van der Waals surface area (Å²) in [6.07, 6.45) is -0.947. The number of esters is 1. The van der Waals surface area contributed by atoms with E-state index in [4.69, 9.17) is 14.2 Å². The van der Waals surface area contributed by atoms with Gasteiger partial charge in [0.15, 0.2) is 5.43 Å². The average molecular weight is 384 g/mol. The van der Waals surface area contributed by atoms with Gasteiger partial charge in [-0.15, -0.1) is 11.3 Å². The second-order valence-corrected chi connectivity index (χ2v) is 6.79. The maximum absolute atomic E-state index is 12.6. The van der Waals surface area contributed by atoms with Crippen LogP contribution in [0.2, 0.25) is 0 Å². The number of benzene rings is 2. The number of carbonyl (C=O) groups is 2. The van der Waals surface area contributed by atoms with Crippen LogP contribution < -0.4 is 10.2 Å². The molecule has 0 saturated heterocycles. The molecule has 1 heterocycles. The van der Waals surface area contributed by atoms with E-state index in [-0.39, 0.29) is 30.0 Å². The highest BCUT2D eigenvalue weighted by Crippen LogP contribution is 2.27. The van der Waals surface area contributed by atoms with Gasteiger partial charge < -0.3 is 14.2 Å². The second kappa shape index (κ2) is 8.01. The Balaban J connectivity index is 1.68. The van der Waals surface area contributed by atoms with Gasteiger partial charge in [0, 0.05) is 25.7 Å². The number of ether oxygens (including phenoxy) is 3. The first kappa shape index (κ1) is 18.6. The van der Waals surface area contributed by atoms with E-state index in [1.165, 1.54) is 24.3 Å². The quantitative estimate of drug-likeness (QED) is 0.217. The molecular weight excluding hydrogens is 368 g/mol. The highest BCUT2D eigenvalue weighted by atomic mass is 32.1. The summed E-state index contributed by atoms with van der Waals surface area (Å²) in [5.74, 6) is -0.357. The molecule has 0 unspecified atom stereocenters. The van der Waals surface area contributed by atoms with Gasteiger partial charge >= 0.3 is 12.1 Å². The van der Waals surface area contributed by atoms with Crippen molar-refractivity contribution in [3.63, 3.8) is 0 Å². The van der Waals surface area contributed by atoms with E-state index in [1.54, 1.807) is 24.3 Å². The first-order valence-electron chi connectivity index (χ1n) is 8.08. The molecule has 0 spiro atoms. The topological polar surface area (TPSA) is 78.9 Å². The number of hydrogen-bond acceptors (Lipinski definition) is 7. The third-order valence-electron chi connectivity index (χ3n) is 3.63. The molecule has 0 amide bonds. The molecule has 0 aliphatic carbocycles. The third kappa shape index (κ3) is 4.32. The number of hydrogen-bond donors (Lipinski definition) is 0. The van der Waals surface area contributed by atoms with Crippen molar-refractivity contribution in [2.45, 2.75) is 6.92 Å². The Kier molecular flexibility index (Phi) is 5.52. The molecule has 0 atom stereocenters. The van der Waals surface area contributed by atoms with E-state index in [0.29, 0.717) is 10.8 Å². The van der Waals surface area contributed by atoms with Crippen molar-refractivity contribution in [1.29, 1.82) is 0 Å². The molecule has 0 saturated carbocycles. The molecule has 138 valence electrons. The predicted octanol–water partition coefficient (Wildman–Crippen LogP) is 4.05. The van der Waals surface area contributed by atoms with Gasteiger partial charge in [0.1, 0.15) is 19.0 Å². The summed E-state index contributed by atoms with van der Waals surface area (Å²) in [5, 5.41) is 1.09. The van der Waals surface area contributed by atoms with Crippen molar-refractivity contribution < 1.29 is 23.8 Å². The lowest BCUT2D eigenvalue weighted by molar-refractivity contribution is -0.140. The Labute approximate surface area is 158 Å². The van der Waals surface area contributed by atoms with Gasteiger partial charge in [-0.3, -0.25) is 4.79 Å². The van der Waals surface area contributed by atoms with E-state index in [9.17, 15) is 14.4 Å². The van der Waals surface area contributed by atoms with Crippen molar-refractivity contribution in [2.24, 2.45) is 0 Å². The van der Waals surface area contributed by atoms with Gasteiger partial charge in [-0.1, -0.05) is 18.7 Å². The molecule has 0 aliphatic rings. The zero-order chi connectivity index (χ0) is 19.4. The minimum absolute atomic E-state index is 0.100. The molecule has 6 nitrogen and oxygen atoms in total. The van der Waals surface area contributed by atoms with E-state index >= 15 is 0 Å². The van der Waals surface area contributed by atoms with Crippen molar-refractivity contribution in [3.05, 3.63) is 64.8 Å². The molecule has 0 bridgehead atoms. The molecule has 3 rings (SSSR count). The Bertz CT molecular complexity index is 1100. The summed E-state index contributed by atoms with van der Waals surface area (Å²) < 4.78 is 16.4. The molecule has 2 aromatic carbocycles. The zero-order valence-corrected chi connectivity index (χ0v) is 15.3. The van der Waals surface area contributed by atoms with Crippen LogP contribution in [0.5, 0.6) is 5.75 Å². The van der Waals surface area contributed by atoms with E-state index in [1.807, 2.05) is 12.1 Å². The van der Waals surface area contributed by atoms with Crippen LogP contribution >= 0.6 is 11.3 Å². The Morgan fingerprint density at radius 1 is 1.00 bits per heavy atom. The first-order valence-corrected chi connectivity index (χ1v) is 8.90. The minimum atomic E-state index is -0.947. The van der Waals surface area contributed by atoms with Crippen molar-refractivity contribution in [3.8, 4) is 5.75 Å². The Hall–Kier alpha value is -3.19. The molecule has 0 aliphatic heterocycles. The highest BCUT2D eigenvalue weighted by Gasteiger charge is 2.11. The molecule has 0 N–H and O–H groups in total. The van der Waals surface area contributed by atoms with Gasteiger partial charge in [-0.05, 0) is 37.3 Å². The fourth-order valence-electron chi connectivity index (χ4n) is 2.35. The number of carbonyl (C=O) groups excluding carboxylic acids is 2. The SMILES string of the molecule is C=C(C)C(=O)OCCOC(=O)Oc1ccc2sc3ccccc3c(=O)c2c1. The van der Waals surface area contributed by atoms with Gasteiger partial charge in [-0.2, -0.15) is 0 Å². The van der Waals surface area contributed by atoms with Crippen LogP contribution in [0.25, 0.3) is 20.2 Å².